The van der Waals surface area contributed by atoms with Gasteiger partial charge in [-0.3, -0.25) is 9.78 Å². The predicted octanol–water partition coefficient (Wildman–Crippen LogP) is 5.05. The molecule has 0 radical (unpaired) electrons. The Balaban J connectivity index is 1.43. The molecule has 0 bridgehead atoms. The minimum Gasteiger partial charge on any atom is -0.371 e. The molecule has 1 N–H and O–H groups in total. The highest BCUT2D eigenvalue weighted by atomic mass is 79.9. The van der Waals surface area contributed by atoms with Gasteiger partial charge in [0.05, 0.1) is 5.52 Å². The minimum atomic E-state index is -0.0150. The van der Waals surface area contributed by atoms with E-state index in [4.69, 9.17) is 11.6 Å². The summed E-state index contributed by atoms with van der Waals surface area (Å²) in [5.41, 5.74) is 2.77. The van der Waals surface area contributed by atoms with Crippen molar-refractivity contribution in [1.29, 1.82) is 0 Å². The summed E-state index contributed by atoms with van der Waals surface area (Å²) in [5.74, 6) is -0.0150. The van der Waals surface area contributed by atoms with Gasteiger partial charge in [0.2, 0.25) is 0 Å². The third-order valence-electron chi connectivity index (χ3n) is 4.94. The van der Waals surface area contributed by atoms with Crippen molar-refractivity contribution in [3.8, 4) is 0 Å². The Hall–Kier alpha value is -2.11. The maximum Gasteiger partial charge on any atom is 0.251 e. The molecule has 1 aliphatic rings. The first-order valence-corrected chi connectivity index (χ1v) is 10.1. The van der Waals surface area contributed by atoms with Gasteiger partial charge in [-0.25, -0.2) is 0 Å². The number of hydrogen-bond acceptors (Lipinski definition) is 3. The lowest BCUT2D eigenvalue weighted by molar-refractivity contribution is 0.0931. The number of rotatable bonds is 3. The predicted molar refractivity (Wildman–Crippen MR) is 114 cm³/mol. The van der Waals surface area contributed by atoms with E-state index in [9.17, 15) is 4.79 Å². The van der Waals surface area contributed by atoms with Crippen LogP contribution in [-0.2, 0) is 0 Å². The van der Waals surface area contributed by atoms with Crippen molar-refractivity contribution < 1.29 is 4.79 Å². The van der Waals surface area contributed by atoms with Crippen molar-refractivity contribution >= 4 is 50.0 Å². The second-order valence-electron chi connectivity index (χ2n) is 6.74. The van der Waals surface area contributed by atoms with Crippen molar-refractivity contribution in [1.82, 2.24) is 10.3 Å². The van der Waals surface area contributed by atoms with Crippen molar-refractivity contribution in [3.63, 3.8) is 0 Å². The van der Waals surface area contributed by atoms with Crippen molar-refractivity contribution in [2.45, 2.75) is 18.9 Å². The molecule has 0 atom stereocenters. The van der Waals surface area contributed by atoms with E-state index in [1.807, 2.05) is 48.7 Å². The maximum atomic E-state index is 12.5. The Morgan fingerprint density at radius 1 is 1.15 bits per heavy atom. The van der Waals surface area contributed by atoms with Gasteiger partial charge in [0, 0.05) is 51.5 Å². The normalized spacial score (nSPS) is 15.1. The average molecular weight is 445 g/mol. The van der Waals surface area contributed by atoms with E-state index in [0.717, 1.165) is 41.3 Å². The highest BCUT2D eigenvalue weighted by molar-refractivity contribution is 9.10. The molecule has 1 aromatic heterocycles. The fraction of sp³-hybridized carbons (Fsp3) is 0.238. The molecule has 3 aromatic rings. The highest BCUT2D eigenvalue weighted by Gasteiger charge is 2.22. The third-order valence-corrected chi connectivity index (χ3v) is 5.67. The van der Waals surface area contributed by atoms with Gasteiger partial charge in [-0.15, -0.1) is 0 Å². The fourth-order valence-electron chi connectivity index (χ4n) is 3.55. The molecule has 6 heteroatoms. The molecule has 4 rings (SSSR count). The molecule has 1 aliphatic heterocycles. The molecule has 0 aliphatic carbocycles. The number of carbonyl (C=O) groups excluding carboxylic acids is 1. The largest absolute Gasteiger partial charge is 0.371 e. The van der Waals surface area contributed by atoms with Crippen LogP contribution in [0.1, 0.15) is 23.2 Å². The highest BCUT2D eigenvalue weighted by Crippen LogP contribution is 2.29. The Bertz CT molecular complexity index is 986. The summed E-state index contributed by atoms with van der Waals surface area (Å²) in [6.45, 7) is 1.79. The lowest BCUT2D eigenvalue weighted by Gasteiger charge is -2.34. The number of pyridine rings is 1. The van der Waals surface area contributed by atoms with Gasteiger partial charge in [0.25, 0.3) is 5.91 Å². The first kappa shape index (κ1) is 18.3. The zero-order valence-corrected chi connectivity index (χ0v) is 17.0. The molecule has 0 saturated carbocycles. The fourth-order valence-corrected chi connectivity index (χ4v) is 4.11. The van der Waals surface area contributed by atoms with Gasteiger partial charge in [0.15, 0.2) is 0 Å². The molecule has 2 heterocycles. The molecular formula is C21H19BrClN3O. The molecule has 0 unspecified atom stereocenters. The van der Waals surface area contributed by atoms with Crippen LogP contribution in [0.25, 0.3) is 10.9 Å². The van der Waals surface area contributed by atoms with Gasteiger partial charge >= 0.3 is 0 Å². The summed E-state index contributed by atoms with van der Waals surface area (Å²) in [5, 5.41) is 4.97. The van der Waals surface area contributed by atoms with Crippen molar-refractivity contribution in [3.05, 3.63) is 69.8 Å². The van der Waals surface area contributed by atoms with Crippen LogP contribution < -0.4 is 10.2 Å². The third kappa shape index (κ3) is 4.09. The number of benzene rings is 2. The zero-order chi connectivity index (χ0) is 18.8. The Kier molecular flexibility index (Phi) is 5.32. The quantitative estimate of drug-likeness (QED) is 0.615. The van der Waals surface area contributed by atoms with Crippen LogP contribution in [0.5, 0.6) is 0 Å². The maximum absolute atomic E-state index is 12.5. The summed E-state index contributed by atoms with van der Waals surface area (Å²) in [6, 6.07) is 15.5. The van der Waals surface area contributed by atoms with Crippen LogP contribution in [-0.4, -0.2) is 30.0 Å². The second-order valence-corrected chi connectivity index (χ2v) is 8.09. The number of hydrogen-bond donors (Lipinski definition) is 1. The van der Waals surface area contributed by atoms with Gasteiger partial charge in [0.1, 0.15) is 0 Å². The number of halogens is 2. The molecule has 0 spiro atoms. The van der Waals surface area contributed by atoms with E-state index in [2.05, 4.69) is 37.2 Å². The number of carbonyl (C=O) groups is 1. The van der Waals surface area contributed by atoms with E-state index in [-0.39, 0.29) is 11.9 Å². The van der Waals surface area contributed by atoms with Crippen LogP contribution in [0.2, 0.25) is 5.02 Å². The summed E-state index contributed by atoms with van der Waals surface area (Å²) in [4.78, 5) is 19.2. The van der Waals surface area contributed by atoms with E-state index >= 15 is 0 Å². The van der Waals surface area contributed by atoms with E-state index in [1.165, 1.54) is 5.69 Å². The van der Waals surface area contributed by atoms with Gasteiger partial charge < -0.3 is 10.2 Å². The molecule has 27 heavy (non-hydrogen) atoms. The number of amides is 1. The number of fused-ring (bicyclic) bond motifs is 1. The number of piperidine rings is 1. The average Bonchev–Trinajstić information content (AvgIpc) is 2.68. The van der Waals surface area contributed by atoms with Crippen LogP contribution in [0.3, 0.4) is 0 Å². The van der Waals surface area contributed by atoms with Crippen molar-refractivity contribution in [2.75, 3.05) is 18.0 Å². The topological polar surface area (TPSA) is 45.2 Å². The zero-order valence-electron chi connectivity index (χ0n) is 14.7. The Labute approximate surface area is 171 Å². The standard InChI is InChI=1S/C21H19BrClN3O/c22-15-3-1-2-14(12-15)21(27)25-17-7-10-26(11-8-17)20-6-9-24-19-13-16(23)4-5-18(19)20/h1-6,9,12-13,17H,7-8,10-11H2,(H,25,27). The SMILES string of the molecule is O=C(NC1CCN(c2ccnc3cc(Cl)ccc23)CC1)c1cccc(Br)c1. The number of aromatic nitrogens is 1. The molecular weight excluding hydrogens is 426 g/mol. The Morgan fingerprint density at radius 3 is 2.74 bits per heavy atom. The van der Waals surface area contributed by atoms with Crippen LogP contribution in [0, 0.1) is 0 Å². The van der Waals surface area contributed by atoms with Crippen LogP contribution >= 0.6 is 27.5 Å². The molecule has 1 fully saturated rings. The first-order chi connectivity index (χ1) is 13.1. The van der Waals surface area contributed by atoms with E-state index < -0.39 is 0 Å². The summed E-state index contributed by atoms with van der Waals surface area (Å²) >= 11 is 9.50. The first-order valence-electron chi connectivity index (χ1n) is 8.96. The van der Waals surface area contributed by atoms with E-state index in [0.29, 0.717) is 10.6 Å². The summed E-state index contributed by atoms with van der Waals surface area (Å²) in [7, 11) is 0. The number of nitrogens with one attached hydrogen (secondary N) is 1. The summed E-state index contributed by atoms with van der Waals surface area (Å²) < 4.78 is 0.912. The van der Waals surface area contributed by atoms with Crippen LogP contribution in [0.4, 0.5) is 5.69 Å². The van der Waals surface area contributed by atoms with E-state index in [1.54, 1.807) is 0 Å². The smallest absolute Gasteiger partial charge is 0.251 e. The monoisotopic (exact) mass is 443 g/mol. The molecule has 138 valence electrons. The molecule has 4 nitrogen and oxygen atoms in total. The number of anilines is 1. The van der Waals surface area contributed by atoms with Crippen LogP contribution in [0.15, 0.2) is 59.2 Å². The Morgan fingerprint density at radius 2 is 1.96 bits per heavy atom. The minimum absolute atomic E-state index is 0.0150. The van der Waals surface area contributed by atoms with Gasteiger partial charge in [-0.1, -0.05) is 33.6 Å². The van der Waals surface area contributed by atoms with Gasteiger partial charge in [-0.05, 0) is 55.3 Å². The summed E-state index contributed by atoms with van der Waals surface area (Å²) in [6.07, 6.45) is 3.66. The lowest BCUT2D eigenvalue weighted by Crippen LogP contribution is -2.44. The van der Waals surface area contributed by atoms with Gasteiger partial charge in [-0.2, -0.15) is 0 Å². The molecule has 2 aromatic carbocycles. The molecule has 1 saturated heterocycles. The second kappa shape index (κ2) is 7.87. The lowest BCUT2D eigenvalue weighted by atomic mass is 10.0. The van der Waals surface area contributed by atoms with Crippen molar-refractivity contribution in [2.24, 2.45) is 0 Å². The molecule has 1 amide bonds. The number of nitrogens with zero attached hydrogens (tertiary/aromatic N) is 2.